The summed E-state index contributed by atoms with van der Waals surface area (Å²) in [6.45, 7) is 4.97. The summed E-state index contributed by atoms with van der Waals surface area (Å²) in [6, 6.07) is 11.2. The number of aromatic nitrogens is 3. The number of hydrogen-bond acceptors (Lipinski definition) is 7. The highest BCUT2D eigenvalue weighted by Crippen LogP contribution is 2.29. The highest BCUT2D eigenvalue weighted by atomic mass is 32.1. The second-order valence-electron chi connectivity index (χ2n) is 7.26. The second-order valence-corrected chi connectivity index (χ2v) is 8.27. The molecular weight excluding hydrogens is 445 g/mol. The van der Waals surface area contributed by atoms with Crippen LogP contribution in [0.25, 0.3) is 11.0 Å². The van der Waals surface area contributed by atoms with E-state index in [2.05, 4.69) is 10.1 Å². The molecule has 4 rings (SSSR count). The molecule has 0 aliphatic heterocycles. The van der Waals surface area contributed by atoms with Gasteiger partial charge in [-0.25, -0.2) is 4.39 Å². The van der Waals surface area contributed by atoms with Gasteiger partial charge in [0.25, 0.3) is 11.1 Å². The minimum absolute atomic E-state index is 0.122. The molecule has 2 aromatic heterocycles. The molecule has 0 fully saturated rings. The summed E-state index contributed by atoms with van der Waals surface area (Å²) in [5.74, 6) is 0.878. The van der Waals surface area contributed by atoms with Crippen LogP contribution in [0.15, 0.2) is 52.1 Å². The lowest BCUT2D eigenvalue weighted by Gasteiger charge is -2.11. The molecule has 33 heavy (non-hydrogen) atoms. The van der Waals surface area contributed by atoms with Gasteiger partial charge in [0.2, 0.25) is 4.96 Å². The van der Waals surface area contributed by atoms with E-state index < -0.39 is 5.56 Å². The Kier molecular flexibility index (Phi) is 6.79. The molecule has 0 saturated heterocycles. The molecule has 0 atom stereocenters. The Hall–Kier alpha value is -3.59. The van der Waals surface area contributed by atoms with Crippen LogP contribution in [0.4, 0.5) is 4.39 Å². The standard InChI is InChI=1S/C24H22FN3O4S/c1-3-11-32-19-10-7-16(13-20(19)31-4-2)14-21-23(30)28-24(33-21)26-22(29)18(27-28)12-15-5-8-17(25)9-6-15/h5-10,13-14H,3-4,11-12H2,1-2H3/b21-14+. The first-order chi connectivity index (χ1) is 16.0. The Labute approximate surface area is 192 Å². The van der Waals surface area contributed by atoms with E-state index >= 15 is 0 Å². The quantitative estimate of drug-likeness (QED) is 0.396. The van der Waals surface area contributed by atoms with Crippen LogP contribution in [0.1, 0.15) is 37.1 Å². The predicted octanol–water partition coefficient (Wildman–Crippen LogP) is 2.98. The van der Waals surface area contributed by atoms with Crippen molar-refractivity contribution in [1.82, 2.24) is 14.6 Å². The molecule has 0 aliphatic carbocycles. The van der Waals surface area contributed by atoms with Crippen molar-refractivity contribution < 1.29 is 13.9 Å². The van der Waals surface area contributed by atoms with E-state index in [-0.39, 0.29) is 28.5 Å². The summed E-state index contributed by atoms with van der Waals surface area (Å²) >= 11 is 1.09. The lowest BCUT2D eigenvalue weighted by atomic mass is 10.1. The van der Waals surface area contributed by atoms with Crippen LogP contribution in [0.2, 0.25) is 0 Å². The number of hydrogen-bond donors (Lipinski definition) is 0. The minimum Gasteiger partial charge on any atom is -0.490 e. The summed E-state index contributed by atoms with van der Waals surface area (Å²) in [5.41, 5.74) is 0.693. The largest absolute Gasteiger partial charge is 0.490 e. The fourth-order valence-corrected chi connectivity index (χ4v) is 4.12. The van der Waals surface area contributed by atoms with Crippen LogP contribution in [-0.4, -0.2) is 27.8 Å². The van der Waals surface area contributed by atoms with Crippen molar-refractivity contribution in [2.24, 2.45) is 0 Å². The first-order valence-corrected chi connectivity index (χ1v) is 11.4. The SMILES string of the molecule is CCCOc1ccc(/C=c2/sc3nc(=O)c(Cc4ccc(F)cc4)nn3c2=O)cc1OCC. The first kappa shape index (κ1) is 22.6. The fourth-order valence-electron chi connectivity index (χ4n) is 3.21. The van der Waals surface area contributed by atoms with Gasteiger partial charge in [0, 0.05) is 6.42 Å². The van der Waals surface area contributed by atoms with E-state index in [0.717, 1.165) is 27.8 Å². The third-order valence-electron chi connectivity index (χ3n) is 4.76. The lowest BCUT2D eigenvalue weighted by molar-refractivity contribution is 0.277. The van der Waals surface area contributed by atoms with E-state index in [1.54, 1.807) is 18.2 Å². The maximum atomic E-state index is 13.1. The zero-order valence-electron chi connectivity index (χ0n) is 18.2. The molecule has 0 unspecified atom stereocenters. The average Bonchev–Trinajstić information content (AvgIpc) is 3.09. The molecule has 0 spiro atoms. The number of halogens is 1. The highest BCUT2D eigenvalue weighted by Gasteiger charge is 2.12. The van der Waals surface area contributed by atoms with Crippen molar-refractivity contribution in [2.45, 2.75) is 26.7 Å². The number of thiazole rings is 1. The van der Waals surface area contributed by atoms with E-state index in [1.807, 2.05) is 32.0 Å². The topological polar surface area (TPSA) is 82.8 Å². The van der Waals surface area contributed by atoms with Gasteiger partial charge < -0.3 is 9.47 Å². The highest BCUT2D eigenvalue weighted by molar-refractivity contribution is 7.15. The van der Waals surface area contributed by atoms with Crippen molar-refractivity contribution in [3.05, 3.63) is 90.3 Å². The van der Waals surface area contributed by atoms with Crippen molar-refractivity contribution in [2.75, 3.05) is 13.2 Å². The molecule has 2 aromatic carbocycles. The van der Waals surface area contributed by atoms with Gasteiger partial charge >= 0.3 is 0 Å². The van der Waals surface area contributed by atoms with Crippen molar-refractivity contribution in [3.63, 3.8) is 0 Å². The Morgan fingerprint density at radius 1 is 1.06 bits per heavy atom. The molecule has 9 heteroatoms. The third kappa shape index (κ3) is 5.09. The van der Waals surface area contributed by atoms with Crippen molar-refractivity contribution >= 4 is 22.4 Å². The molecule has 7 nitrogen and oxygen atoms in total. The van der Waals surface area contributed by atoms with Crippen molar-refractivity contribution in [3.8, 4) is 11.5 Å². The van der Waals surface area contributed by atoms with Crippen LogP contribution in [0.3, 0.4) is 0 Å². The second kappa shape index (κ2) is 9.91. The maximum Gasteiger partial charge on any atom is 0.296 e. The zero-order valence-corrected chi connectivity index (χ0v) is 19.0. The molecule has 4 aromatic rings. The number of ether oxygens (including phenoxy) is 2. The molecule has 0 radical (unpaired) electrons. The van der Waals surface area contributed by atoms with Gasteiger partial charge in [-0.15, -0.1) is 0 Å². The van der Waals surface area contributed by atoms with Crippen molar-refractivity contribution in [1.29, 1.82) is 0 Å². The molecule has 0 aliphatic rings. The predicted molar refractivity (Wildman–Crippen MR) is 125 cm³/mol. The summed E-state index contributed by atoms with van der Waals surface area (Å²) in [6.07, 6.45) is 2.74. The molecule has 0 N–H and O–H groups in total. The van der Waals surface area contributed by atoms with E-state index in [1.165, 1.54) is 12.1 Å². The monoisotopic (exact) mass is 467 g/mol. The first-order valence-electron chi connectivity index (χ1n) is 10.6. The number of rotatable bonds is 8. The summed E-state index contributed by atoms with van der Waals surface area (Å²) < 4.78 is 26.1. The van der Waals surface area contributed by atoms with E-state index in [0.29, 0.717) is 34.8 Å². The molecule has 170 valence electrons. The van der Waals surface area contributed by atoms with Gasteiger partial charge in [0.1, 0.15) is 11.5 Å². The third-order valence-corrected chi connectivity index (χ3v) is 5.72. The summed E-state index contributed by atoms with van der Waals surface area (Å²) in [5, 5.41) is 4.23. The average molecular weight is 468 g/mol. The molecular formula is C24H22FN3O4S. The van der Waals surface area contributed by atoms with Gasteiger partial charge in [-0.1, -0.05) is 36.5 Å². The lowest BCUT2D eigenvalue weighted by Crippen LogP contribution is -2.28. The Morgan fingerprint density at radius 2 is 1.85 bits per heavy atom. The van der Waals surface area contributed by atoms with Gasteiger partial charge in [0.15, 0.2) is 11.5 Å². The summed E-state index contributed by atoms with van der Waals surface area (Å²) in [7, 11) is 0. The number of nitrogens with zero attached hydrogens (tertiary/aromatic N) is 3. The fraction of sp³-hybridized carbons (Fsp3) is 0.250. The van der Waals surface area contributed by atoms with Gasteiger partial charge in [-0.2, -0.15) is 14.6 Å². The minimum atomic E-state index is -0.511. The van der Waals surface area contributed by atoms with Crippen LogP contribution in [0, 0.1) is 5.82 Å². The van der Waals surface area contributed by atoms with Crippen LogP contribution < -0.4 is 25.1 Å². The molecule has 2 heterocycles. The van der Waals surface area contributed by atoms with Gasteiger partial charge in [-0.3, -0.25) is 9.59 Å². The smallest absolute Gasteiger partial charge is 0.296 e. The Morgan fingerprint density at radius 3 is 2.58 bits per heavy atom. The van der Waals surface area contributed by atoms with Gasteiger partial charge in [-0.05, 0) is 54.8 Å². The molecule has 0 amide bonds. The van der Waals surface area contributed by atoms with E-state index in [9.17, 15) is 14.0 Å². The summed E-state index contributed by atoms with van der Waals surface area (Å²) in [4.78, 5) is 29.6. The van der Waals surface area contributed by atoms with E-state index in [4.69, 9.17) is 9.47 Å². The van der Waals surface area contributed by atoms with Crippen LogP contribution in [0.5, 0.6) is 11.5 Å². The zero-order chi connectivity index (χ0) is 23.4. The maximum absolute atomic E-state index is 13.1. The Bertz CT molecular complexity index is 1450. The van der Waals surface area contributed by atoms with Crippen LogP contribution in [-0.2, 0) is 6.42 Å². The normalized spacial score (nSPS) is 11.8. The number of benzene rings is 2. The molecule has 0 saturated carbocycles. The van der Waals surface area contributed by atoms with Crippen LogP contribution >= 0.6 is 11.3 Å². The van der Waals surface area contributed by atoms with Gasteiger partial charge in [0.05, 0.1) is 17.7 Å². The Balaban J connectivity index is 1.72. The molecule has 0 bridgehead atoms. The number of fused-ring (bicyclic) bond motifs is 1.